The number of rotatable bonds is 27. The van der Waals surface area contributed by atoms with E-state index in [4.69, 9.17) is 51.5 Å². The lowest BCUT2D eigenvalue weighted by Crippen LogP contribution is -2.43. The summed E-state index contributed by atoms with van der Waals surface area (Å²) in [7, 11) is -0.376. The number of carbonyl (C=O) groups excluding carboxylic acids is 1. The van der Waals surface area contributed by atoms with Crippen molar-refractivity contribution in [1.82, 2.24) is 0 Å². The summed E-state index contributed by atoms with van der Waals surface area (Å²) in [6.45, 7) is 19.4. The standard InChI is InChI=1S/C20H35NO4S2.C15H25NO4.C5H10OS2/c1-5-7-24-9-10-25-8-6-21(16-20(2,3)27(4)26)19-12-17(14-22)11-18(13-19)15-23;1-2-4-19-6-7-20-5-3-16-15-9-13(11-17)8-14(10-15)12-18;1-5(2,4-6)8(3)7/h11-13,22-23H,5-10,14-16H2,1-4H3;8-10,16-18H,2-7,11-12H2,1H3;4H,1-3H3. The molecule has 0 aromatic heterocycles. The van der Waals surface area contributed by atoms with Crippen LogP contribution in [0.3, 0.4) is 0 Å². The van der Waals surface area contributed by atoms with Crippen LogP contribution in [-0.4, -0.2) is 121 Å². The highest BCUT2D eigenvalue weighted by atomic mass is 32.8. The molecule has 11 nitrogen and oxygen atoms in total. The molecule has 0 fully saturated rings. The van der Waals surface area contributed by atoms with E-state index < -0.39 is 0 Å². The van der Waals surface area contributed by atoms with Gasteiger partial charge in [0.1, 0.15) is 6.29 Å². The van der Waals surface area contributed by atoms with Crippen LogP contribution in [0.5, 0.6) is 0 Å². The SMILES string of the molecule is CCCOCCOCCN(CC(C)(C)S(C)=S)c1cc(CO)cc(CO)c1.CCCOCCOCCNc1cc(CO)cc(CO)c1.CS(=S)C(C)(C)C=O. The second kappa shape index (κ2) is 31.5. The van der Waals surface area contributed by atoms with Crippen LogP contribution in [0.25, 0.3) is 0 Å². The first-order chi connectivity index (χ1) is 26.1. The summed E-state index contributed by atoms with van der Waals surface area (Å²) >= 11 is 10.5. The summed E-state index contributed by atoms with van der Waals surface area (Å²) in [5.74, 6) is 0. The summed E-state index contributed by atoms with van der Waals surface area (Å²) in [6, 6.07) is 11.3. The molecular weight excluding hydrogens is 781 g/mol. The van der Waals surface area contributed by atoms with E-state index in [-0.39, 0.29) is 54.8 Å². The lowest BCUT2D eigenvalue weighted by atomic mass is 10.1. The number of aliphatic hydroxyl groups is 4. The Kier molecular flexibility index (Phi) is 30.7. The molecule has 2 aromatic rings. The van der Waals surface area contributed by atoms with Gasteiger partial charge in [-0.3, -0.25) is 0 Å². The van der Waals surface area contributed by atoms with Gasteiger partial charge in [-0.2, -0.15) is 0 Å². The molecule has 0 saturated heterocycles. The number of nitrogens with zero attached hydrogens (tertiary/aromatic N) is 1. The molecule has 55 heavy (non-hydrogen) atoms. The van der Waals surface area contributed by atoms with Crippen molar-refractivity contribution in [2.75, 3.05) is 95.2 Å². The Morgan fingerprint density at radius 2 is 1.07 bits per heavy atom. The molecule has 0 spiro atoms. The third-order valence-electron chi connectivity index (χ3n) is 8.08. The normalized spacial score (nSPS) is 12.5. The molecule has 0 heterocycles. The van der Waals surface area contributed by atoms with Crippen LogP contribution in [0.1, 0.15) is 76.6 Å². The summed E-state index contributed by atoms with van der Waals surface area (Å²) in [4.78, 5) is 12.4. The van der Waals surface area contributed by atoms with Crippen molar-refractivity contribution in [2.45, 2.75) is 90.3 Å². The Bertz CT molecular complexity index is 1320. The third kappa shape index (κ3) is 24.8. The fraction of sp³-hybridized carbons (Fsp3) is 0.675. The third-order valence-corrected chi connectivity index (χ3v) is 14.0. The van der Waals surface area contributed by atoms with E-state index in [1.165, 1.54) is 0 Å². The van der Waals surface area contributed by atoms with Crippen LogP contribution in [0, 0.1) is 0 Å². The summed E-state index contributed by atoms with van der Waals surface area (Å²) in [5, 5.41) is 40.6. The number of ether oxygens (including phenoxy) is 4. The molecule has 2 atom stereocenters. The molecule has 0 aliphatic rings. The maximum absolute atomic E-state index is 10.2. The largest absolute Gasteiger partial charge is 0.392 e. The highest BCUT2D eigenvalue weighted by Gasteiger charge is 2.24. The van der Waals surface area contributed by atoms with Gasteiger partial charge in [-0.1, -0.05) is 48.4 Å². The minimum Gasteiger partial charge on any atom is -0.392 e. The van der Waals surface area contributed by atoms with Gasteiger partial charge in [-0.05, 0) is 99.6 Å². The van der Waals surface area contributed by atoms with E-state index in [1.807, 2.05) is 50.4 Å². The topological polar surface area (TPSA) is 150 Å². The zero-order valence-corrected chi connectivity index (χ0v) is 37.7. The molecule has 0 amide bonds. The predicted octanol–water partition coefficient (Wildman–Crippen LogP) is 4.61. The number of hydrogen-bond acceptors (Lipinski definition) is 13. The predicted molar refractivity (Wildman–Crippen MR) is 237 cm³/mol. The Morgan fingerprint density at radius 1 is 0.655 bits per heavy atom. The Balaban J connectivity index is 0.000000910. The quantitative estimate of drug-likeness (QED) is 0.0630. The Morgan fingerprint density at radius 3 is 1.44 bits per heavy atom. The summed E-state index contributed by atoms with van der Waals surface area (Å²) in [5.41, 5.74) is 5.02. The van der Waals surface area contributed by atoms with Crippen LogP contribution in [0.15, 0.2) is 36.4 Å². The number of nitrogens with one attached hydrogen (secondary N) is 1. The van der Waals surface area contributed by atoms with Crippen molar-refractivity contribution in [1.29, 1.82) is 0 Å². The summed E-state index contributed by atoms with van der Waals surface area (Å²) in [6.07, 6.45) is 6.93. The van der Waals surface area contributed by atoms with Crippen LogP contribution in [0.2, 0.25) is 0 Å². The molecule has 5 N–H and O–H groups in total. The first-order valence-electron chi connectivity index (χ1n) is 18.8. The van der Waals surface area contributed by atoms with Crippen molar-refractivity contribution in [3.05, 3.63) is 58.7 Å². The van der Waals surface area contributed by atoms with Gasteiger partial charge in [-0.15, -0.1) is 18.9 Å². The smallest absolute Gasteiger partial charge is 0.135 e. The highest BCUT2D eigenvalue weighted by Crippen LogP contribution is 2.24. The van der Waals surface area contributed by atoms with Gasteiger partial charge in [0.25, 0.3) is 0 Å². The number of hydrogen-bond donors (Lipinski definition) is 5. The summed E-state index contributed by atoms with van der Waals surface area (Å²) < 4.78 is 21.6. The minimum atomic E-state index is -0.296. The number of aldehydes is 1. The van der Waals surface area contributed by atoms with E-state index in [9.17, 15) is 15.0 Å². The lowest BCUT2D eigenvalue weighted by molar-refractivity contribution is -0.109. The number of benzene rings is 2. The first-order valence-corrected chi connectivity index (χ1v) is 23.9. The number of anilines is 2. The molecule has 2 rings (SSSR count). The van der Waals surface area contributed by atoms with Gasteiger partial charge in [0.2, 0.25) is 0 Å². The van der Waals surface area contributed by atoms with E-state index in [2.05, 4.69) is 44.2 Å². The van der Waals surface area contributed by atoms with Gasteiger partial charge >= 0.3 is 0 Å². The van der Waals surface area contributed by atoms with E-state index >= 15 is 0 Å². The molecule has 15 heteroatoms. The van der Waals surface area contributed by atoms with Crippen LogP contribution >= 0.6 is 0 Å². The minimum absolute atomic E-state index is 0.0336. The monoisotopic (exact) mass is 850 g/mol. The maximum Gasteiger partial charge on any atom is 0.135 e. The average Bonchev–Trinajstić information content (AvgIpc) is 3.17. The maximum atomic E-state index is 10.2. The average molecular weight is 851 g/mol. The molecule has 318 valence electrons. The van der Waals surface area contributed by atoms with E-state index in [0.29, 0.717) is 52.7 Å². The van der Waals surface area contributed by atoms with Gasteiger partial charge in [0, 0.05) is 49.0 Å². The number of aliphatic hydroxyl groups excluding tert-OH is 4. The molecule has 0 bridgehead atoms. The first kappa shape index (κ1) is 53.5. The van der Waals surface area contributed by atoms with Crippen LogP contribution in [0.4, 0.5) is 11.4 Å². The zero-order chi connectivity index (χ0) is 41.7. The van der Waals surface area contributed by atoms with Crippen LogP contribution in [-0.2, 0) is 91.5 Å². The second-order valence-electron chi connectivity index (χ2n) is 13.9. The van der Waals surface area contributed by atoms with Crippen molar-refractivity contribution in [3.8, 4) is 0 Å². The second-order valence-corrected chi connectivity index (χ2v) is 20.8. The Hall–Kier alpha value is -1.47. The molecular formula is C40H70N2O9S4. The molecule has 0 aliphatic heterocycles. The zero-order valence-electron chi connectivity index (χ0n) is 34.5. The van der Waals surface area contributed by atoms with Crippen molar-refractivity contribution in [2.24, 2.45) is 0 Å². The van der Waals surface area contributed by atoms with Gasteiger partial charge in [-0.25, -0.2) is 0 Å². The highest BCUT2D eigenvalue weighted by molar-refractivity contribution is 8.29. The van der Waals surface area contributed by atoms with Gasteiger partial charge in [0.05, 0.1) is 70.8 Å². The lowest BCUT2D eigenvalue weighted by Gasteiger charge is -2.34. The fourth-order valence-electron chi connectivity index (χ4n) is 4.45. The molecule has 2 unspecified atom stereocenters. The molecule has 0 aliphatic carbocycles. The molecule has 0 saturated carbocycles. The van der Waals surface area contributed by atoms with Crippen molar-refractivity contribution in [3.63, 3.8) is 0 Å². The van der Waals surface area contributed by atoms with Gasteiger partial charge < -0.3 is 54.4 Å². The Labute approximate surface area is 345 Å². The van der Waals surface area contributed by atoms with Crippen molar-refractivity contribution < 1.29 is 44.2 Å². The fourth-order valence-corrected chi connectivity index (χ4v) is 5.20. The van der Waals surface area contributed by atoms with Gasteiger partial charge in [0.15, 0.2) is 0 Å². The molecule has 0 radical (unpaired) electrons. The van der Waals surface area contributed by atoms with Crippen molar-refractivity contribution >= 4 is 58.9 Å². The van der Waals surface area contributed by atoms with E-state index in [1.54, 1.807) is 6.07 Å². The van der Waals surface area contributed by atoms with E-state index in [0.717, 1.165) is 72.5 Å². The van der Waals surface area contributed by atoms with Crippen LogP contribution < -0.4 is 10.2 Å². The molecule has 2 aromatic carbocycles. The number of carbonyl (C=O) groups is 1.